The quantitative estimate of drug-likeness (QED) is 0.492. The molecule has 0 saturated carbocycles. The van der Waals surface area contributed by atoms with E-state index in [2.05, 4.69) is 25.3 Å². The number of rotatable bonds is 2. The summed E-state index contributed by atoms with van der Waals surface area (Å²) in [6.45, 7) is 0. The normalized spacial score (nSPS) is 10.0. The Bertz CT molecular complexity index is 518. The first-order valence-electron chi connectivity index (χ1n) is 4.95. The number of carbonyl (C=O) groups excluding carboxylic acids is 1. The summed E-state index contributed by atoms with van der Waals surface area (Å²) in [5.41, 5.74) is 0.498. The molecule has 0 bridgehead atoms. The summed E-state index contributed by atoms with van der Waals surface area (Å²) in [7, 11) is 0. The Kier molecular flexibility index (Phi) is 3.76. The van der Waals surface area contributed by atoms with Gasteiger partial charge in [0.1, 0.15) is 5.75 Å². The molecule has 0 heterocycles. The summed E-state index contributed by atoms with van der Waals surface area (Å²) in [5, 5.41) is 0. The summed E-state index contributed by atoms with van der Waals surface area (Å²) in [6.07, 6.45) is 0. The number of benzene rings is 2. The van der Waals surface area contributed by atoms with E-state index in [1.807, 2.05) is 0 Å². The van der Waals surface area contributed by atoms with E-state index in [1.165, 1.54) is 0 Å². The van der Waals surface area contributed by atoms with Gasteiger partial charge in [-0.05, 0) is 48.5 Å². The van der Waals surface area contributed by atoms with Gasteiger partial charge in [-0.25, -0.2) is 4.79 Å². The van der Waals surface area contributed by atoms with Gasteiger partial charge >= 0.3 is 5.97 Å². The lowest BCUT2D eigenvalue weighted by molar-refractivity contribution is 0.0734. The van der Waals surface area contributed by atoms with E-state index in [-0.39, 0.29) is 5.97 Å². The standard InChI is InChI=1S/C13H10O2S2/c14-13(9-1-5-11(16)6-2-9)15-10-3-7-12(17)8-4-10/h1-8,16-17H. The Balaban J connectivity index is 2.11. The average molecular weight is 262 g/mol. The Morgan fingerprint density at radius 1 is 0.824 bits per heavy atom. The number of ether oxygens (including phenoxy) is 1. The molecule has 2 aromatic carbocycles. The maximum absolute atomic E-state index is 11.7. The zero-order valence-corrected chi connectivity index (χ0v) is 10.6. The minimum Gasteiger partial charge on any atom is -0.423 e. The van der Waals surface area contributed by atoms with E-state index in [0.717, 1.165) is 9.79 Å². The van der Waals surface area contributed by atoms with Crippen LogP contribution in [0.3, 0.4) is 0 Å². The number of hydrogen-bond acceptors (Lipinski definition) is 4. The Morgan fingerprint density at radius 2 is 1.29 bits per heavy atom. The van der Waals surface area contributed by atoms with E-state index in [4.69, 9.17) is 4.74 Å². The zero-order valence-electron chi connectivity index (χ0n) is 8.83. The first-order valence-corrected chi connectivity index (χ1v) is 5.85. The number of carbonyl (C=O) groups is 1. The predicted molar refractivity (Wildman–Crippen MR) is 72.3 cm³/mol. The van der Waals surface area contributed by atoms with Crippen LogP contribution in [-0.4, -0.2) is 5.97 Å². The van der Waals surface area contributed by atoms with Gasteiger partial charge < -0.3 is 4.74 Å². The number of hydrogen-bond donors (Lipinski definition) is 2. The van der Waals surface area contributed by atoms with Gasteiger partial charge in [-0.1, -0.05) is 0 Å². The van der Waals surface area contributed by atoms with Gasteiger partial charge in [-0.15, -0.1) is 25.3 Å². The Hall–Kier alpha value is -1.39. The molecule has 4 heteroatoms. The lowest BCUT2D eigenvalue weighted by atomic mass is 10.2. The second-order valence-electron chi connectivity index (χ2n) is 3.43. The van der Waals surface area contributed by atoms with Crippen LogP contribution in [0.15, 0.2) is 58.3 Å². The molecule has 2 rings (SSSR count). The highest BCUT2D eigenvalue weighted by molar-refractivity contribution is 7.80. The second kappa shape index (κ2) is 5.29. The average Bonchev–Trinajstić information content (AvgIpc) is 2.33. The minimum atomic E-state index is -0.384. The van der Waals surface area contributed by atoms with Gasteiger partial charge in [-0.3, -0.25) is 0 Å². The molecule has 0 unspecified atom stereocenters. The molecule has 17 heavy (non-hydrogen) atoms. The molecular weight excluding hydrogens is 252 g/mol. The van der Waals surface area contributed by atoms with Crippen LogP contribution in [0.25, 0.3) is 0 Å². The van der Waals surface area contributed by atoms with Gasteiger partial charge in [0.25, 0.3) is 0 Å². The number of esters is 1. The topological polar surface area (TPSA) is 26.3 Å². The molecule has 0 aliphatic rings. The van der Waals surface area contributed by atoms with Crippen LogP contribution in [0.2, 0.25) is 0 Å². The van der Waals surface area contributed by atoms with Gasteiger partial charge in [0, 0.05) is 9.79 Å². The van der Waals surface area contributed by atoms with E-state index in [9.17, 15) is 4.79 Å². The van der Waals surface area contributed by atoms with Gasteiger partial charge in [0.15, 0.2) is 0 Å². The lowest BCUT2D eigenvalue weighted by Gasteiger charge is -2.04. The largest absolute Gasteiger partial charge is 0.423 e. The Morgan fingerprint density at radius 3 is 1.82 bits per heavy atom. The molecule has 2 aromatic rings. The molecule has 2 nitrogen and oxygen atoms in total. The first-order chi connectivity index (χ1) is 8.15. The summed E-state index contributed by atoms with van der Waals surface area (Å²) in [5.74, 6) is 0.119. The van der Waals surface area contributed by atoms with Crippen molar-refractivity contribution in [3.05, 3.63) is 54.1 Å². The van der Waals surface area contributed by atoms with Crippen molar-refractivity contribution < 1.29 is 9.53 Å². The maximum Gasteiger partial charge on any atom is 0.343 e. The van der Waals surface area contributed by atoms with Gasteiger partial charge in [0.2, 0.25) is 0 Å². The van der Waals surface area contributed by atoms with Crippen LogP contribution in [-0.2, 0) is 0 Å². The molecule has 0 amide bonds. The Labute approximate surface area is 110 Å². The van der Waals surface area contributed by atoms with E-state index in [1.54, 1.807) is 48.5 Å². The first kappa shape index (κ1) is 12.1. The molecule has 0 radical (unpaired) electrons. The van der Waals surface area contributed by atoms with Crippen molar-refractivity contribution in [2.45, 2.75) is 9.79 Å². The van der Waals surface area contributed by atoms with Gasteiger partial charge in [-0.2, -0.15) is 0 Å². The van der Waals surface area contributed by atoms with E-state index in [0.29, 0.717) is 11.3 Å². The van der Waals surface area contributed by atoms with Crippen molar-refractivity contribution in [1.29, 1.82) is 0 Å². The van der Waals surface area contributed by atoms with Crippen molar-refractivity contribution in [2.24, 2.45) is 0 Å². The highest BCUT2D eigenvalue weighted by Gasteiger charge is 2.07. The molecule has 86 valence electrons. The van der Waals surface area contributed by atoms with Crippen molar-refractivity contribution in [2.75, 3.05) is 0 Å². The fraction of sp³-hybridized carbons (Fsp3) is 0. The molecule has 0 N–H and O–H groups in total. The van der Waals surface area contributed by atoms with Crippen LogP contribution in [0.1, 0.15) is 10.4 Å². The van der Waals surface area contributed by atoms with Crippen molar-refractivity contribution in [3.63, 3.8) is 0 Å². The second-order valence-corrected chi connectivity index (χ2v) is 4.46. The van der Waals surface area contributed by atoms with Crippen molar-refractivity contribution in [3.8, 4) is 5.75 Å². The summed E-state index contributed by atoms with van der Waals surface area (Å²) in [4.78, 5) is 13.4. The number of thiol groups is 2. The molecule has 0 aromatic heterocycles. The minimum absolute atomic E-state index is 0.384. The zero-order chi connectivity index (χ0) is 12.3. The summed E-state index contributed by atoms with van der Waals surface area (Å²) >= 11 is 8.30. The van der Waals surface area contributed by atoms with Crippen molar-refractivity contribution >= 4 is 31.2 Å². The fourth-order valence-electron chi connectivity index (χ4n) is 1.28. The summed E-state index contributed by atoms with van der Waals surface area (Å²) in [6, 6.07) is 13.8. The SMILES string of the molecule is O=C(Oc1ccc(S)cc1)c1ccc(S)cc1. The molecular formula is C13H10O2S2. The highest BCUT2D eigenvalue weighted by Crippen LogP contribution is 2.16. The fourth-order valence-corrected chi connectivity index (χ4v) is 1.58. The van der Waals surface area contributed by atoms with Gasteiger partial charge in [0.05, 0.1) is 5.56 Å². The van der Waals surface area contributed by atoms with Crippen molar-refractivity contribution in [1.82, 2.24) is 0 Å². The molecule has 0 spiro atoms. The molecule has 0 aliphatic heterocycles. The third-order valence-electron chi connectivity index (χ3n) is 2.15. The predicted octanol–water partition coefficient (Wildman–Crippen LogP) is 3.48. The van der Waals surface area contributed by atoms with Crippen LogP contribution in [0, 0.1) is 0 Å². The lowest BCUT2D eigenvalue weighted by Crippen LogP contribution is -2.07. The van der Waals surface area contributed by atoms with E-state index >= 15 is 0 Å². The summed E-state index contributed by atoms with van der Waals surface area (Å²) < 4.78 is 5.20. The molecule has 0 saturated heterocycles. The monoisotopic (exact) mass is 262 g/mol. The molecule has 0 aliphatic carbocycles. The third-order valence-corrected chi connectivity index (χ3v) is 2.75. The van der Waals surface area contributed by atoms with Crippen LogP contribution >= 0.6 is 25.3 Å². The molecule has 0 fully saturated rings. The third kappa shape index (κ3) is 3.28. The van der Waals surface area contributed by atoms with Crippen LogP contribution < -0.4 is 4.74 Å². The molecule has 0 atom stereocenters. The highest BCUT2D eigenvalue weighted by atomic mass is 32.1. The van der Waals surface area contributed by atoms with Crippen LogP contribution in [0.5, 0.6) is 5.75 Å². The van der Waals surface area contributed by atoms with E-state index < -0.39 is 0 Å². The maximum atomic E-state index is 11.7. The van der Waals surface area contributed by atoms with Crippen LogP contribution in [0.4, 0.5) is 0 Å². The smallest absolute Gasteiger partial charge is 0.343 e.